The number of fused-ring (bicyclic) bond motifs is 9. The summed E-state index contributed by atoms with van der Waals surface area (Å²) in [5.74, 6) is 0. The molecule has 3 heteroatoms. The second-order valence-corrected chi connectivity index (χ2v) is 12.6. The van der Waals surface area contributed by atoms with Gasteiger partial charge in [-0.15, -0.1) is 0 Å². The average molecular weight is 757 g/mol. The Labute approximate surface area is 373 Å². The summed E-state index contributed by atoms with van der Waals surface area (Å²) >= 11 is 0. The third kappa shape index (κ3) is 4.79. The molecule has 0 amide bonds. The van der Waals surface area contributed by atoms with Crippen molar-refractivity contribution in [2.45, 2.75) is 0 Å². The third-order valence-electron chi connectivity index (χ3n) is 9.65. The molecule has 12 aromatic rings. The van der Waals surface area contributed by atoms with E-state index in [2.05, 4.69) is 0 Å². The summed E-state index contributed by atoms with van der Waals surface area (Å²) in [5.41, 5.74) is -6.82. The molecule has 12 rings (SSSR count). The summed E-state index contributed by atoms with van der Waals surface area (Å²) in [4.78, 5) is 0. The van der Waals surface area contributed by atoms with Gasteiger partial charge in [-0.05, 0) is 88.8 Å². The normalized spacial score (nSPS) is 19.5. The molecule has 0 aliphatic carbocycles. The third-order valence-corrected chi connectivity index (χ3v) is 9.65. The molecular formula is C54H35N3. The molecule has 0 aliphatic rings. The highest BCUT2D eigenvalue weighted by Crippen LogP contribution is 2.42. The fourth-order valence-electron chi connectivity index (χ4n) is 7.35. The van der Waals surface area contributed by atoms with Gasteiger partial charge < -0.3 is 13.7 Å². The van der Waals surface area contributed by atoms with Crippen LogP contribution >= 0.6 is 0 Å². The number of benzene rings is 9. The first-order valence-corrected chi connectivity index (χ1v) is 17.1. The van der Waals surface area contributed by atoms with Gasteiger partial charge in [0.1, 0.15) is 0 Å². The summed E-state index contributed by atoms with van der Waals surface area (Å²) in [6.45, 7) is 0. The Kier molecular flexibility index (Phi) is 3.02. The van der Waals surface area contributed by atoms with Crippen molar-refractivity contribution in [3.63, 3.8) is 0 Å². The first-order chi connectivity index (χ1) is 41.2. The van der Waals surface area contributed by atoms with Gasteiger partial charge in [-0.25, -0.2) is 0 Å². The van der Waals surface area contributed by atoms with E-state index in [-0.39, 0.29) is 11.1 Å². The highest BCUT2D eigenvalue weighted by Gasteiger charge is 2.22. The minimum Gasteiger partial charge on any atom is -0.309 e. The van der Waals surface area contributed by atoms with Crippen molar-refractivity contribution in [2.75, 3.05) is 0 Å². The predicted molar refractivity (Wildman–Crippen MR) is 240 cm³/mol. The van der Waals surface area contributed by atoms with E-state index in [9.17, 15) is 12.3 Å². The summed E-state index contributed by atoms with van der Waals surface area (Å²) in [5, 5.41) is -3.09. The fraction of sp³-hybridized carbons (Fsp3) is 0. The van der Waals surface area contributed by atoms with E-state index in [1.54, 1.807) is 0 Å². The van der Waals surface area contributed by atoms with Crippen LogP contribution in [0.15, 0.2) is 212 Å². The van der Waals surface area contributed by atoms with E-state index in [1.165, 1.54) is 0 Å². The van der Waals surface area contributed by atoms with E-state index in [4.69, 9.17) is 30.2 Å². The zero-order valence-electron chi connectivity index (χ0n) is 59.7. The quantitative estimate of drug-likeness (QED) is 0.166. The molecule has 57 heavy (non-hydrogen) atoms. The van der Waals surface area contributed by atoms with Gasteiger partial charge in [0.2, 0.25) is 0 Å². The van der Waals surface area contributed by atoms with Gasteiger partial charge in [0, 0.05) is 43.7 Å². The number of para-hydroxylation sites is 5. The average Bonchev–Trinajstić information content (AvgIpc) is 1.57. The Bertz CT molecular complexity index is 5120. The Hall–Kier alpha value is -7.62. The van der Waals surface area contributed by atoms with Crippen LogP contribution in [0, 0.1) is 0 Å². The maximum absolute atomic E-state index is 10.2. The van der Waals surface area contributed by atoms with Crippen LogP contribution in [0.1, 0.15) is 42.5 Å². The van der Waals surface area contributed by atoms with Gasteiger partial charge >= 0.3 is 0 Å². The summed E-state index contributed by atoms with van der Waals surface area (Å²) in [6, 6.07) is -22.0. The zero-order valence-corrected chi connectivity index (χ0v) is 28.7. The molecule has 0 spiro atoms. The highest BCUT2D eigenvalue weighted by molar-refractivity contribution is 6.16. The van der Waals surface area contributed by atoms with Crippen LogP contribution in [0.5, 0.6) is 0 Å². The molecule has 0 saturated heterocycles. The van der Waals surface area contributed by atoms with Crippen molar-refractivity contribution < 1.29 is 42.5 Å². The van der Waals surface area contributed by atoms with Gasteiger partial charge in [-0.3, -0.25) is 0 Å². The van der Waals surface area contributed by atoms with E-state index in [0.29, 0.717) is 0 Å². The lowest BCUT2D eigenvalue weighted by atomic mass is 9.98. The number of nitrogens with zero attached hydrogens (tertiary/aromatic N) is 3. The SMILES string of the molecule is [2H]c1c([2H])c([2H])c(-c2cc(-c3c([2H])c([2H])c([2H])c([2H])c3[2H])cc(-n3c4c([2H])c([2H])c([2H])c([2H])c4c4c([2H])c([2H])c([2H])c(-n5c6c([2H])cc(-n7c8c([2H])c([2H])c([2H])c([2H])c8c8c([2H])c([2H])c([2H])c([2H])c87)c([2H])c6c6c([2H])c([2H])c([2H])c([2H])c65)c43)c2)c([2H])c1[2H]. The van der Waals surface area contributed by atoms with Gasteiger partial charge in [0.15, 0.2) is 0 Å². The van der Waals surface area contributed by atoms with Crippen molar-refractivity contribution in [2.24, 2.45) is 0 Å². The molecule has 3 nitrogen and oxygen atoms in total. The Balaban J connectivity index is 1.36. The summed E-state index contributed by atoms with van der Waals surface area (Å²) in [6.07, 6.45) is 0. The lowest BCUT2D eigenvalue weighted by molar-refractivity contribution is 1.13. The molecule has 0 aliphatic heterocycles. The molecule has 0 N–H and O–H groups in total. The summed E-state index contributed by atoms with van der Waals surface area (Å²) < 4.78 is 284. The van der Waals surface area contributed by atoms with E-state index in [0.717, 1.165) is 38.0 Å². The van der Waals surface area contributed by atoms with Crippen molar-refractivity contribution in [3.8, 4) is 39.3 Å². The van der Waals surface area contributed by atoms with E-state index in [1.807, 2.05) is 0 Å². The molecule has 0 fully saturated rings. The predicted octanol–water partition coefficient (Wildman–Crippen LogP) is 14.3. The molecule has 266 valence electrons. The Morgan fingerprint density at radius 3 is 1.32 bits per heavy atom. The van der Waals surface area contributed by atoms with Crippen molar-refractivity contribution in [1.29, 1.82) is 0 Å². The van der Waals surface area contributed by atoms with Crippen LogP contribution in [0.3, 0.4) is 0 Å². The standard InChI is InChI=1S/C54H35N3/c1-3-16-36(17-4-1)38-32-39(37-18-5-2-6-19-37)34-41(33-38)56-50-27-13-9-22-44(50)46-24-15-29-53(54(46)56)57-51-28-14-10-23-45(51)47-35-40(30-31-52(47)57)55-48-25-11-7-20-42(48)43-21-8-12-26-49(43)55/h1-35H/i1D,2D,3D,4D,5D,6D,7D,8D,9D,10D,11D,12D,13D,14D,15D,16D,17D,18D,19D,20D,21D,22D,23D,24D,25D,26D,27D,28D,29D,31D,35D. The lowest BCUT2D eigenvalue weighted by Crippen LogP contribution is -2.01. The molecule has 3 heterocycles. The Morgan fingerprint density at radius 2 is 0.737 bits per heavy atom. The molecule has 9 aromatic carbocycles. The largest absolute Gasteiger partial charge is 0.309 e. The second-order valence-electron chi connectivity index (χ2n) is 12.6. The molecule has 0 saturated carbocycles. The van der Waals surface area contributed by atoms with Gasteiger partial charge in [-0.1, -0.05) is 145 Å². The molecular weight excluding hydrogens is 691 g/mol. The topological polar surface area (TPSA) is 14.8 Å². The minimum absolute atomic E-state index is 0.339. The van der Waals surface area contributed by atoms with Crippen LogP contribution in [0.4, 0.5) is 0 Å². The van der Waals surface area contributed by atoms with Crippen molar-refractivity contribution >= 4 is 65.4 Å². The molecule has 0 unspecified atom stereocenters. The smallest absolute Gasteiger partial charge is 0.0782 e. The van der Waals surface area contributed by atoms with E-state index < -0.39 is 281 Å². The zero-order chi connectivity index (χ0) is 64.4. The van der Waals surface area contributed by atoms with Gasteiger partial charge in [0.05, 0.1) is 81.3 Å². The first-order valence-electron chi connectivity index (χ1n) is 32.6. The number of rotatable bonds is 5. The highest BCUT2D eigenvalue weighted by atomic mass is 15.1. The fourth-order valence-corrected chi connectivity index (χ4v) is 7.35. The molecule has 0 radical (unpaired) electrons. The van der Waals surface area contributed by atoms with Crippen molar-refractivity contribution in [1.82, 2.24) is 13.7 Å². The first kappa shape index (κ1) is 13.8. The second kappa shape index (κ2) is 12.5. The van der Waals surface area contributed by atoms with Crippen LogP contribution in [-0.2, 0) is 0 Å². The number of hydrogen-bond donors (Lipinski definition) is 0. The van der Waals surface area contributed by atoms with Crippen LogP contribution in [0.25, 0.3) is 105 Å². The maximum atomic E-state index is 10.2. The van der Waals surface area contributed by atoms with Gasteiger partial charge in [0.25, 0.3) is 0 Å². The van der Waals surface area contributed by atoms with Gasteiger partial charge in [-0.2, -0.15) is 0 Å². The minimum atomic E-state index is -1.000. The Morgan fingerprint density at radius 1 is 0.298 bits per heavy atom. The van der Waals surface area contributed by atoms with Crippen molar-refractivity contribution in [3.05, 3.63) is 212 Å². The monoisotopic (exact) mass is 756 g/mol. The lowest BCUT2D eigenvalue weighted by Gasteiger charge is -2.17. The van der Waals surface area contributed by atoms with E-state index >= 15 is 0 Å². The molecule has 0 atom stereocenters. The van der Waals surface area contributed by atoms with Crippen LogP contribution in [-0.4, -0.2) is 13.7 Å². The summed E-state index contributed by atoms with van der Waals surface area (Å²) in [7, 11) is 0. The van der Waals surface area contributed by atoms with Crippen LogP contribution in [0.2, 0.25) is 0 Å². The molecule has 0 bridgehead atoms. The number of hydrogen-bond acceptors (Lipinski definition) is 0. The van der Waals surface area contributed by atoms with Crippen LogP contribution < -0.4 is 0 Å². The number of aromatic nitrogens is 3. The maximum Gasteiger partial charge on any atom is 0.0782 e. The molecule has 3 aromatic heterocycles.